The number of rotatable bonds is 11. The number of nitrogens with one attached hydrogen (secondary N) is 1. The molecule has 0 saturated heterocycles. The van der Waals surface area contributed by atoms with Gasteiger partial charge in [-0.05, 0) is 55.7 Å². The normalized spacial score (nSPS) is 15.0. The third-order valence-electron chi connectivity index (χ3n) is 5.86. The Hall–Kier alpha value is -2.18. The molecule has 0 bridgehead atoms. The van der Waals surface area contributed by atoms with E-state index < -0.39 is 6.04 Å². The van der Waals surface area contributed by atoms with Crippen molar-refractivity contribution in [1.82, 2.24) is 10.2 Å². The molecule has 1 atom stereocenters. The monoisotopic (exact) mass is 442 g/mol. The molecule has 1 aliphatic rings. The van der Waals surface area contributed by atoms with Gasteiger partial charge in [0.25, 0.3) is 0 Å². The van der Waals surface area contributed by atoms with E-state index in [1.54, 1.807) is 16.2 Å². The first-order valence-electron chi connectivity index (χ1n) is 11.4. The van der Waals surface area contributed by atoms with Gasteiger partial charge in [0, 0.05) is 30.7 Å². The Morgan fingerprint density at radius 1 is 1.19 bits per heavy atom. The summed E-state index contributed by atoms with van der Waals surface area (Å²) in [5.74, 6) is -0.0917. The van der Waals surface area contributed by atoms with Gasteiger partial charge < -0.3 is 15.0 Å². The SMILES string of the molecule is CCOCCCN(C(=O)Cc1cccs1)[C@@H](C(=O)NC1CCCC1)c1ccccc1C. The van der Waals surface area contributed by atoms with Crippen LogP contribution in [0.25, 0.3) is 0 Å². The molecule has 2 aromatic rings. The first-order valence-corrected chi connectivity index (χ1v) is 12.2. The molecule has 1 heterocycles. The molecule has 0 aliphatic heterocycles. The lowest BCUT2D eigenvalue weighted by Gasteiger charge is -2.33. The van der Waals surface area contributed by atoms with Gasteiger partial charge in [0.1, 0.15) is 6.04 Å². The fourth-order valence-electron chi connectivity index (χ4n) is 4.24. The molecular weight excluding hydrogens is 408 g/mol. The molecule has 0 unspecified atom stereocenters. The number of aryl methyl sites for hydroxylation is 1. The Kier molecular flexibility index (Phi) is 9.10. The Bertz CT molecular complexity index is 831. The summed E-state index contributed by atoms with van der Waals surface area (Å²) in [5.41, 5.74) is 1.92. The highest BCUT2D eigenvalue weighted by molar-refractivity contribution is 7.10. The van der Waals surface area contributed by atoms with E-state index in [0.717, 1.165) is 41.7 Å². The van der Waals surface area contributed by atoms with Crippen molar-refractivity contribution >= 4 is 23.2 Å². The van der Waals surface area contributed by atoms with Crippen molar-refractivity contribution in [2.45, 2.75) is 64.5 Å². The highest BCUT2D eigenvalue weighted by Gasteiger charge is 2.33. The standard InChI is InChI=1S/C25H34N2O3S/c1-3-30-16-9-15-27(23(28)18-21-13-8-17-31-21)24(22-14-7-4-10-19(22)2)25(29)26-20-11-5-6-12-20/h4,7-8,10,13-14,17,20,24H,3,5-6,9,11-12,15-16,18H2,1-2H3,(H,26,29)/t24-/m1/s1. The third-order valence-corrected chi connectivity index (χ3v) is 6.74. The van der Waals surface area contributed by atoms with E-state index in [2.05, 4.69) is 5.32 Å². The van der Waals surface area contributed by atoms with Crippen LogP contribution in [0.4, 0.5) is 0 Å². The predicted octanol–water partition coefficient (Wildman–Crippen LogP) is 4.65. The van der Waals surface area contributed by atoms with E-state index in [1.165, 1.54) is 0 Å². The summed E-state index contributed by atoms with van der Waals surface area (Å²) in [6.45, 7) is 5.68. The van der Waals surface area contributed by atoms with Gasteiger partial charge in [-0.25, -0.2) is 0 Å². The fraction of sp³-hybridized carbons (Fsp3) is 0.520. The molecule has 1 aliphatic carbocycles. The first kappa shape index (κ1) is 23.5. The maximum absolute atomic E-state index is 13.6. The molecule has 1 aromatic heterocycles. The molecule has 3 rings (SSSR count). The quantitative estimate of drug-likeness (QED) is 0.515. The lowest BCUT2D eigenvalue weighted by atomic mass is 9.98. The minimum Gasteiger partial charge on any atom is -0.382 e. The molecule has 0 spiro atoms. The van der Waals surface area contributed by atoms with Crippen molar-refractivity contribution in [1.29, 1.82) is 0 Å². The summed E-state index contributed by atoms with van der Waals surface area (Å²) >= 11 is 1.57. The highest BCUT2D eigenvalue weighted by Crippen LogP contribution is 2.28. The summed E-state index contributed by atoms with van der Waals surface area (Å²) < 4.78 is 5.51. The van der Waals surface area contributed by atoms with Crippen molar-refractivity contribution in [3.63, 3.8) is 0 Å². The van der Waals surface area contributed by atoms with Crippen LogP contribution >= 0.6 is 11.3 Å². The molecule has 6 heteroatoms. The van der Waals surface area contributed by atoms with E-state index in [-0.39, 0.29) is 17.9 Å². The predicted molar refractivity (Wildman–Crippen MR) is 125 cm³/mol. The lowest BCUT2D eigenvalue weighted by molar-refractivity contribution is -0.141. The van der Waals surface area contributed by atoms with Crippen LogP contribution in [0.3, 0.4) is 0 Å². The van der Waals surface area contributed by atoms with Gasteiger partial charge in [-0.15, -0.1) is 11.3 Å². The van der Waals surface area contributed by atoms with Crippen LogP contribution < -0.4 is 5.32 Å². The Labute approximate surface area is 189 Å². The maximum atomic E-state index is 13.6. The van der Waals surface area contributed by atoms with Crippen LogP contribution in [-0.4, -0.2) is 42.5 Å². The highest BCUT2D eigenvalue weighted by atomic mass is 32.1. The van der Waals surface area contributed by atoms with Gasteiger partial charge in [-0.3, -0.25) is 9.59 Å². The minimum absolute atomic E-state index is 0.0197. The van der Waals surface area contributed by atoms with Gasteiger partial charge in [0.2, 0.25) is 11.8 Å². The van der Waals surface area contributed by atoms with Gasteiger partial charge in [-0.2, -0.15) is 0 Å². The van der Waals surface area contributed by atoms with Crippen LogP contribution in [0.1, 0.15) is 61.1 Å². The Morgan fingerprint density at radius 3 is 2.65 bits per heavy atom. The van der Waals surface area contributed by atoms with Crippen molar-refractivity contribution in [2.24, 2.45) is 0 Å². The summed E-state index contributed by atoms with van der Waals surface area (Å²) in [4.78, 5) is 29.8. The molecule has 1 saturated carbocycles. The zero-order valence-electron chi connectivity index (χ0n) is 18.6. The van der Waals surface area contributed by atoms with Crippen LogP contribution in [0.5, 0.6) is 0 Å². The molecular formula is C25H34N2O3S. The lowest BCUT2D eigenvalue weighted by Crippen LogP contribution is -2.47. The number of amides is 2. The molecule has 2 amide bonds. The summed E-state index contributed by atoms with van der Waals surface area (Å²) in [5, 5.41) is 5.22. The number of hydrogen-bond donors (Lipinski definition) is 1. The number of carbonyl (C=O) groups is 2. The van der Waals surface area contributed by atoms with Crippen molar-refractivity contribution < 1.29 is 14.3 Å². The molecule has 5 nitrogen and oxygen atoms in total. The molecule has 1 fully saturated rings. The number of thiophene rings is 1. The topological polar surface area (TPSA) is 58.6 Å². The van der Waals surface area contributed by atoms with Gasteiger partial charge in [0.15, 0.2) is 0 Å². The maximum Gasteiger partial charge on any atom is 0.247 e. The summed E-state index contributed by atoms with van der Waals surface area (Å²) in [6.07, 6.45) is 5.33. The van der Waals surface area contributed by atoms with Crippen LogP contribution in [0.2, 0.25) is 0 Å². The Balaban J connectivity index is 1.88. The number of benzene rings is 1. The van der Waals surface area contributed by atoms with E-state index in [0.29, 0.717) is 32.6 Å². The van der Waals surface area contributed by atoms with E-state index in [4.69, 9.17) is 4.74 Å². The van der Waals surface area contributed by atoms with Crippen LogP contribution in [0.15, 0.2) is 41.8 Å². The summed E-state index contributed by atoms with van der Waals surface area (Å²) in [7, 11) is 0. The van der Waals surface area contributed by atoms with Crippen LogP contribution in [0, 0.1) is 6.92 Å². The van der Waals surface area contributed by atoms with Gasteiger partial charge >= 0.3 is 0 Å². The molecule has 168 valence electrons. The van der Waals surface area contributed by atoms with Gasteiger partial charge in [-0.1, -0.05) is 43.2 Å². The number of hydrogen-bond acceptors (Lipinski definition) is 4. The number of ether oxygens (including phenoxy) is 1. The minimum atomic E-state index is -0.629. The second-order valence-electron chi connectivity index (χ2n) is 8.14. The second-order valence-corrected chi connectivity index (χ2v) is 9.18. The van der Waals surface area contributed by atoms with E-state index in [9.17, 15) is 9.59 Å². The zero-order valence-corrected chi connectivity index (χ0v) is 19.5. The number of carbonyl (C=O) groups excluding carboxylic acids is 2. The smallest absolute Gasteiger partial charge is 0.247 e. The number of nitrogens with zero attached hydrogens (tertiary/aromatic N) is 1. The third kappa shape index (κ3) is 6.65. The van der Waals surface area contributed by atoms with Crippen molar-refractivity contribution in [2.75, 3.05) is 19.8 Å². The molecule has 1 N–H and O–H groups in total. The van der Waals surface area contributed by atoms with Crippen LogP contribution in [-0.2, 0) is 20.7 Å². The average Bonchev–Trinajstić information content (AvgIpc) is 3.45. The molecule has 1 aromatic carbocycles. The Morgan fingerprint density at radius 2 is 1.97 bits per heavy atom. The second kappa shape index (κ2) is 12.0. The zero-order chi connectivity index (χ0) is 22.1. The van der Waals surface area contributed by atoms with Crippen molar-refractivity contribution in [3.05, 3.63) is 57.8 Å². The van der Waals surface area contributed by atoms with E-state index in [1.807, 2.05) is 55.6 Å². The molecule has 31 heavy (non-hydrogen) atoms. The summed E-state index contributed by atoms with van der Waals surface area (Å²) in [6, 6.07) is 11.4. The first-order chi connectivity index (χ1) is 15.1. The van der Waals surface area contributed by atoms with Crippen molar-refractivity contribution in [3.8, 4) is 0 Å². The molecule has 0 radical (unpaired) electrons. The van der Waals surface area contributed by atoms with E-state index >= 15 is 0 Å². The van der Waals surface area contributed by atoms with Gasteiger partial charge in [0.05, 0.1) is 6.42 Å². The average molecular weight is 443 g/mol. The fourth-order valence-corrected chi connectivity index (χ4v) is 4.93. The largest absolute Gasteiger partial charge is 0.382 e.